The molecule has 0 bridgehead atoms. The van der Waals surface area contributed by atoms with Crippen LogP contribution in [0, 0.1) is 5.82 Å². The number of carbonyl (C=O) groups excluding carboxylic acids is 2. The highest BCUT2D eigenvalue weighted by molar-refractivity contribution is 8.00. The second kappa shape index (κ2) is 15.1. The van der Waals surface area contributed by atoms with E-state index in [1.807, 2.05) is 67.6 Å². The lowest BCUT2D eigenvalue weighted by Crippen LogP contribution is -2.31. The maximum Gasteiger partial charge on any atom is 0.296 e. The van der Waals surface area contributed by atoms with Gasteiger partial charge in [0.25, 0.3) is 5.91 Å². The first-order chi connectivity index (χ1) is 23.4. The number of allylic oxidation sites excluding steroid dienone is 1. The van der Waals surface area contributed by atoms with Gasteiger partial charge in [-0.05, 0) is 53.5 Å². The van der Waals surface area contributed by atoms with E-state index in [0.29, 0.717) is 45.9 Å². The Bertz CT molecular complexity index is 1980. The molecule has 1 aliphatic heterocycles. The summed E-state index contributed by atoms with van der Waals surface area (Å²) in [6.07, 6.45) is 2.96. The van der Waals surface area contributed by atoms with E-state index < -0.39 is 23.5 Å². The maximum absolute atomic E-state index is 14.2. The van der Waals surface area contributed by atoms with Crippen LogP contribution in [0.2, 0.25) is 0 Å². The van der Waals surface area contributed by atoms with E-state index in [-0.39, 0.29) is 16.5 Å². The van der Waals surface area contributed by atoms with E-state index >= 15 is 0 Å². The molecule has 242 valence electrons. The third kappa shape index (κ3) is 7.32. The van der Waals surface area contributed by atoms with Crippen LogP contribution in [0.5, 0.6) is 11.5 Å². The van der Waals surface area contributed by atoms with Crippen molar-refractivity contribution in [3.8, 4) is 11.5 Å². The predicted molar refractivity (Wildman–Crippen MR) is 185 cm³/mol. The molecule has 1 aromatic heterocycles. The van der Waals surface area contributed by atoms with Gasteiger partial charge in [-0.3, -0.25) is 14.5 Å². The average Bonchev–Trinajstić information content (AvgIpc) is 3.68. The van der Waals surface area contributed by atoms with Crippen molar-refractivity contribution >= 4 is 46.0 Å². The Morgan fingerprint density at radius 3 is 2.44 bits per heavy atom. The van der Waals surface area contributed by atoms with Gasteiger partial charge in [-0.25, -0.2) is 4.39 Å². The summed E-state index contributed by atoms with van der Waals surface area (Å²) < 4.78 is 26.8. The van der Waals surface area contributed by atoms with Crippen molar-refractivity contribution in [3.63, 3.8) is 0 Å². The number of aliphatic hydroxyl groups is 1. The van der Waals surface area contributed by atoms with E-state index in [1.54, 1.807) is 42.5 Å². The van der Waals surface area contributed by atoms with Gasteiger partial charge < -0.3 is 14.6 Å². The molecule has 4 aromatic carbocycles. The third-order valence-electron chi connectivity index (χ3n) is 7.43. The quantitative estimate of drug-likeness (QED) is 0.0757. The summed E-state index contributed by atoms with van der Waals surface area (Å²) >= 11 is 2.38. The minimum Gasteiger partial charge on any atom is -0.503 e. The molecule has 1 amide bonds. The van der Waals surface area contributed by atoms with Crippen LogP contribution >= 0.6 is 23.1 Å². The van der Waals surface area contributed by atoms with Gasteiger partial charge in [0, 0.05) is 5.75 Å². The van der Waals surface area contributed by atoms with Gasteiger partial charge in [-0.2, -0.15) is 0 Å². The number of rotatable bonds is 13. The molecule has 1 aliphatic rings. The van der Waals surface area contributed by atoms with E-state index in [1.165, 1.54) is 28.8 Å². The monoisotopic (exact) mass is 679 g/mol. The number of halogens is 1. The zero-order valence-electron chi connectivity index (χ0n) is 25.8. The highest BCUT2D eigenvalue weighted by Crippen LogP contribution is 2.45. The number of hydrogen-bond acceptors (Lipinski definition) is 9. The number of anilines is 1. The topological polar surface area (TPSA) is 102 Å². The summed E-state index contributed by atoms with van der Waals surface area (Å²) in [5.41, 5.74) is 2.65. The second-order valence-electron chi connectivity index (χ2n) is 10.6. The van der Waals surface area contributed by atoms with Crippen molar-refractivity contribution in [2.45, 2.75) is 29.7 Å². The summed E-state index contributed by atoms with van der Waals surface area (Å²) in [7, 11) is 0. The first kappa shape index (κ1) is 32.7. The molecule has 0 spiro atoms. The molecule has 0 radical (unpaired) electrons. The third-order valence-corrected chi connectivity index (χ3v) is 9.54. The number of benzene rings is 4. The molecular weight excluding hydrogens is 650 g/mol. The van der Waals surface area contributed by atoms with Gasteiger partial charge in [-0.15, -0.1) is 10.2 Å². The molecule has 11 heteroatoms. The molecule has 6 rings (SSSR count). The largest absolute Gasteiger partial charge is 0.503 e. The van der Waals surface area contributed by atoms with Crippen LogP contribution in [-0.2, 0) is 21.9 Å². The van der Waals surface area contributed by atoms with Gasteiger partial charge in [0.05, 0.1) is 18.2 Å². The molecule has 5 aromatic rings. The van der Waals surface area contributed by atoms with Gasteiger partial charge in [0.2, 0.25) is 5.13 Å². The number of ketones is 1. The zero-order chi connectivity index (χ0) is 33.5. The summed E-state index contributed by atoms with van der Waals surface area (Å²) in [5.74, 6) is -1.15. The number of aliphatic hydroxyl groups excluding tert-OH is 1. The SMILES string of the molecule is CCOc1cc(C2C(C(=O)C=Cc3ccccc3)=C(O)C(=O)N2c2nnc(SCc3ccccc3F)s2)ccc1OCc1ccccc1. The van der Waals surface area contributed by atoms with E-state index in [9.17, 15) is 19.1 Å². The normalized spacial score (nSPS) is 14.6. The number of aromatic nitrogens is 2. The molecule has 1 atom stereocenters. The summed E-state index contributed by atoms with van der Waals surface area (Å²) in [4.78, 5) is 28.7. The highest BCUT2D eigenvalue weighted by atomic mass is 32.2. The van der Waals surface area contributed by atoms with Gasteiger partial charge >= 0.3 is 0 Å². The number of carbonyl (C=O) groups is 2. The Balaban J connectivity index is 1.35. The number of ether oxygens (including phenoxy) is 2. The number of nitrogens with zero attached hydrogens (tertiary/aromatic N) is 3. The molecule has 8 nitrogen and oxygen atoms in total. The number of amides is 1. The average molecular weight is 680 g/mol. The van der Waals surface area contributed by atoms with E-state index in [2.05, 4.69) is 10.2 Å². The molecule has 0 aliphatic carbocycles. The Labute approximate surface area is 285 Å². The van der Waals surface area contributed by atoms with Crippen molar-refractivity contribution in [1.82, 2.24) is 10.2 Å². The Morgan fingerprint density at radius 1 is 0.958 bits per heavy atom. The van der Waals surface area contributed by atoms with Crippen molar-refractivity contribution < 1.29 is 28.6 Å². The standard InChI is InChI=1S/C37H30FN3O5S2/c1-2-45-31-21-26(18-20-30(31)46-22-25-13-7-4-8-14-25)33-32(29(42)19-17-24-11-5-3-6-12-24)34(43)35(44)41(33)36-39-40-37(48-36)47-23-27-15-9-10-16-28(27)38/h3-21,33,43H,2,22-23H2,1H3. The fourth-order valence-electron chi connectivity index (χ4n) is 5.13. The Morgan fingerprint density at radius 2 is 1.69 bits per heavy atom. The number of thioether (sulfide) groups is 1. The second-order valence-corrected chi connectivity index (χ2v) is 12.8. The highest BCUT2D eigenvalue weighted by Gasteiger charge is 2.45. The van der Waals surface area contributed by atoms with Crippen molar-refractivity contribution in [2.75, 3.05) is 11.5 Å². The lowest BCUT2D eigenvalue weighted by atomic mass is 9.95. The molecule has 48 heavy (non-hydrogen) atoms. The van der Waals surface area contributed by atoms with Crippen LogP contribution in [0.1, 0.15) is 35.2 Å². The minimum absolute atomic E-state index is 0.108. The summed E-state index contributed by atoms with van der Waals surface area (Å²) in [6.45, 7) is 2.49. The lowest BCUT2D eigenvalue weighted by Gasteiger charge is -2.24. The van der Waals surface area contributed by atoms with Crippen molar-refractivity contribution in [3.05, 3.63) is 149 Å². The minimum atomic E-state index is -1.05. The summed E-state index contributed by atoms with van der Waals surface area (Å²) in [6, 6.07) is 29.5. The van der Waals surface area contributed by atoms with Crippen LogP contribution < -0.4 is 14.4 Å². The van der Waals surface area contributed by atoms with Crippen LogP contribution in [0.15, 0.2) is 125 Å². The van der Waals surface area contributed by atoms with Crippen LogP contribution in [0.3, 0.4) is 0 Å². The molecule has 0 fully saturated rings. The first-order valence-corrected chi connectivity index (χ1v) is 16.9. The van der Waals surface area contributed by atoms with Crippen molar-refractivity contribution in [2.24, 2.45) is 0 Å². The van der Waals surface area contributed by atoms with E-state index in [4.69, 9.17) is 9.47 Å². The fourth-order valence-corrected chi connectivity index (χ4v) is 6.98. The van der Waals surface area contributed by atoms with Gasteiger partial charge in [0.1, 0.15) is 12.4 Å². The van der Waals surface area contributed by atoms with Crippen LogP contribution in [-0.4, -0.2) is 33.6 Å². The maximum atomic E-state index is 14.2. The molecule has 2 heterocycles. The predicted octanol–water partition coefficient (Wildman–Crippen LogP) is 8.13. The lowest BCUT2D eigenvalue weighted by molar-refractivity contribution is -0.117. The van der Waals surface area contributed by atoms with Crippen LogP contribution in [0.4, 0.5) is 9.52 Å². The molecule has 0 saturated heterocycles. The molecular formula is C37H30FN3O5S2. The Hall–Kier alpha value is -5.26. The first-order valence-electron chi connectivity index (χ1n) is 15.1. The molecule has 0 saturated carbocycles. The van der Waals surface area contributed by atoms with Crippen LogP contribution in [0.25, 0.3) is 6.08 Å². The number of hydrogen-bond donors (Lipinski definition) is 1. The zero-order valence-corrected chi connectivity index (χ0v) is 27.4. The van der Waals surface area contributed by atoms with Gasteiger partial charge in [0.15, 0.2) is 27.4 Å². The van der Waals surface area contributed by atoms with E-state index in [0.717, 1.165) is 22.5 Å². The van der Waals surface area contributed by atoms with Gasteiger partial charge in [-0.1, -0.05) is 114 Å². The molecule has 1 unspecified atom stereocenters. The Kier molecular flexibility index (Phi) is 10.3. The molecule has 1 N–H and O–H groups in total. The summed E-state index contributed by atoms with van der Waals surface area (Å²) in [5, 5.41) is 19.9. The van der Waals surface area contributed by atoms with Crippen molar-refractivity contribution in [1.29, 1.82) is 0 Å². The smallest absolute Gasteiger partial charge is 0.296 e. The fraction of sp³-hybridized carbons (Fsp3) is 0.135.